The van der Waals surface area contributed by atoms with E-state index in [2.05, 4.69) is 31.2 Å². The molecule has 1 aliphatic heterocycles. The Balaban J connectivity index is 1.87. The summed E-state index contributed by atoms with van der Waals surface area (Å²) in [4.78, 5) is 14.1. The summed E-state index contributed by atoms with van der Waals surface area (Å²) in [6, 6.07) is 5.00. The normalized spacial score (nSPS) is 16.0. The summed E-state index contributed by atoms with van der Waals surface area (Å²) in [5.74, 6) is -1.55. The van der Waals surface area contributed by atoms with Crippen molar-refractivity contribution in [3.05, 3.63) is 47.9 Å². The van der Waals surface area contributed by atoms with Gasteiger partial charge in [-0.1, -0.05) is 0 Å². The summed E-state index contributed by atoms with van der Waals surface area (Å²) in [5.41, 5.74) is 9.89. The van der Waals surface area contributed by atoms with E-state index in [-0.39, 0.29) is 5.39 Å². The molecule has 1 aromatic carbocycles. The van der Waals surface area contributed by atoms with Gasteiger partial charge in [-0.25, -0.2) is 13.8 Å². The second kappa shape index (κ2) is 8.30. The fourth-order valence-corrected chi connectivity index (χ4v) is 4.69. The van der Waals surface area contributed by atoms with Crippen LogP contribution in [0.15, 0.2) is 30.7 Å². The molecule has 1 saturated heterocycles. The van der Waals surface area contributed by atoms with Crippen LogP contribution in [0.2, 0.25) is 0 Å². The highest BCUT2D eigenvalue weighted by atomic mass is 19.2. The van der Waals surface area contributed by atoms with E-state index in [1.54, 1.807) is 18.5 Å². The topological polar surface area (TPSA) is 107 Å². The number of anilines is 2. The highest BCUT2D eigenvalue weighted by Crippen LogP contribution is 2.44. The van der Waals surface area contributed by atoms with Gasteiger partial charge in [-0.15, -0.1) is 0 Å². The Kier molecular flexibility index (Phi) is 5.30. The van der Waals surface area contributed by atoms with E-state index < -0.39 is 11.6 Å². The number of benzene rings is 1. The molecule has 1 aliphatic rings. The van der Waals surface area contributed by atoms with Crippen molar-refractivity contribution in [2.24, 2.45) is 11.7 Å². The van der Waals surface area contributed by atoms with Crippen LogP contribution in [-0.2, 0) is 0 Å². The van der Waals surface area contributed by atoms with Crippen LogP contribution in [0.1, 0.15) is 18.9 Å². The van der Waals surface area contributed by atoms with Gasteiger partial charge in [0, 0.05) is 55.4 Å². The molecule has 168 valence electrons. The van der Waals surface area contributed by atoms with Crippen molar-refractivity contribution in [2.45, 2.75) is 13.3 Å². The SMILES string of the molecule is CCNc1cc(F)c(F)c2c1[nH]c1ncc(-c3cncc(C#N)c3)c(N3CCC(CN)C3)c12. The number of aromatic amines is 1. The zero-order valence-electron chi connectivity index (χ0n) is 18.1. The van der Waals surface area contributed by atoms with E-state index in [1.165, 1.54) is 6.20 Å². The Hall–Kier alpha value is -3.77. The van der Waals surface area contributed by atoms with E-state index in [4.69, 9.17) is 5.73 Å². The predicted molar refractivity (Wildman–Crippen MR) is 125 cm³/mol. The average Bonchev–Trinajstić information content (AvgIpc) is 3.47. The van der Waals surface area contributed by atoms with Gasteiger partial charge in [-0.2, -0.15) is 5.26 Å². The largest absolute Gasteiger partial charge is 0.384 e. The van der Waals surface area contributed by atoms with Crippen LogP contribution in [-0.4, -0.2) is 41.1 Å². The lowest BCUT2D eigenvalue weighted by Gasteiger charge is -2.23. The van der Waals surface area contributed by atoms with Gasteiger partial charge >= 0.3 is 0 Å². The van der Waals surface area contributed by atoms with Crippen LogP contribution in [0.5, 0.6) is 0 Å². The van der Waals surface area contributed by atoms with Crippen molar-refractivity contribution in [1.82, 2.24) is 15.0 Å². The first kappa shape index (κ1) is 21.1. The van der Waals surface area contributed by atoms with Crippen molar-refractivity contribution < 1.29 is 8.78 Å². The van der Waals surface area contributed by atoms with Crippen LogP contribution < -0.4 is 16.0 Å². The van der Waals surface area contributed by atoms with E-state index in [0.29, 0.717) is 64.5 Å². The monoisotopic (exact) mass is 447 g/mol. The molecule has 0 spiro atoms. The minimum absolute atomic E-state index is 0.158. The number of rotatable bonds is 5. The Bertz CT molecular complexity index is 1410. The average molecular weight is 447 g/mol. The van der Waals surface area contributed by atoms with Crippen molar-refractivity contribution in [2.75, 3.05) is 36.4 Å². The number of nitrogens with one attached hydrogen (secondary N) is 2. The van der Waals surface area contributed by atoms with Gasteiger partial charge in [0.05, 0.1) is 33.2 Å². The second-order valence-electron chi connectivity index (χ2n) is 8.28. The Morgan fingerprint density at radius 1 is 1.27 bits per heavy atom. The molecular formula is C24H23F2N7. The number of pyridine rings is 2. The van der Waals surface area contributed by atoms with E-state index in [9.17, 15) is 9.65 Å². The van der Waals surface area contributed by atoms with Crippen molar-refractivity contribution in [1.29, 1.82) is 5.26 Å². The predicted octanol–water partition coefficient (Wildman–Crippen LogP) is 4.14. The summed E-state index contributed by atoms with van der Waals surface area (Å²) in [6.45, 7) is 4.41. The maximum atomic E-state index is 15.3. The molecular weight excluding hydrogens is 424 g/mol. The Morgan fingerprint density at radius 3 is 2.85 bits per heavy atom. The van der Waals surface area contributed by atoms with Crippen molar-refractivity contribution in [3.63, 3.8) is 0 Å². The number of aromatic nitrogens is 3. The maximum Gasteiger partial charge on any atom is 0.169 e. The van der Waals surface area contributed by atoms with Crippen LogP contribution >= 0.6 is 0 Å². The van der Waals surface area contributed by atoms with Crippen molar-refractivity contribution in [3.8, 4) is 17.2 Å². The standard InChI is InChI=1S/C24H23F2N7/c1-2-30-18-6-17(25)21(26)19-20-23(33-4-3-13(7-27)12-33)16(11-31-24(20)32-22(18)19)15-5-14(8-28)9-29-10-15/h5-6,9-11,13,30H,2-4,7,12,27H2,1H3,(H,31,32). The van der Waals surface area contributed by atoms with Gasteiger partial charge in [0.15, 0.2) is 11.6 Å². The summed E-state index contributed by atoms with van der Waals surface area (Å²) in [5, 5.41) is 13.1. The smallest absolute Gasteiger partial charge is 0.169 e. The lowest BCUT2D eigenvalue weighted by molar-refractivity contribution is 0.518. The molecule has 4 heterocycles. The molecule has 4 N–H and O–H groups in total. The molecule has 33 heavy (non-hydrogen) atoms. The molecule has 9 heteroatoms. The molecule has 4 aromatic rings. The van der Waals surface area contributed by atoms with Crippen molar-refractivity contribution >= 4 is 33.3 Å². The Labute approximate surface area is 189 Å². The van der Waals surface area contributed by atoms with Crippen LogP contribution in [0, 0.1) is 28.9 Å². The number of fused-ring (bicyclic) bond motifs is 3. The van der Waals surface area contributed by atoms with Crippen LogP contribution in [0.4, 0.5) is 20.2 Å². The molecule has 0 radical (unpaired) electrons. The number of nitriles is 1. The molecule has 7 nitrogen and oxygen atoms in total. The third kappa shape index (κ3) is 3.43. The summed E-state index contributed by atoms with van der Waals surface area (Å²) < 4.78 is 30.0. The highest BCUT2D eigenvalue weighted by Gasteiger charge is 2.29. The highest BCUT2D eigenvalue weighted by molar-refractivity contribution is 6.18. The lowest BCUT2D eigenvalue weighted by atomic mass is 10.0. The molecule has 0 saturated carbocycles. The zero-order chi connectivity index (χ0) is 23.1. The molecule has 1 unspecified atom stereocenters. The first-order valence-corrected chi connectivity index (χ1v) is 10.9. The molecule has 0 bridgehead atoms. The maximum absolute atomic E-state index is 15.3. The minimum Gasteiger partial charge on any atom is -0.384 e. The van der Waals surface area contributed by atoms with E-state index >= 15 is 4.39 Å². The lowest BCUT2D eigenvalue weighted by Crippen LogP contribution is -2.23. The second-order valence-corrected chi connectivity index (χ2v) is 8.28. The van der Waals surface area contributed by atoms with Gasteiger partial charge in [-0.3, -0.25) is 4.98 Å². The number of H-pyrrole nitrogens is 1. The summed E-state index contributed by atoms with van der Waals surface area (Å²) in [6.07, 6.45) is 5.73. The first-order chi connectivity index (χ1) is 16.0. The summed E-state index contributed by atoms with van der Waals surface area (Å²) >= 11 is 0. The van der Waals surface area contributed by atoms with Gasteiger partial charge in [0.1, 0.15) is 11.7 Å². The van der Waals surface area contributed by atoms with Gasteiger partial charge < -0.3 is 20.9 Å². The molecule has 3 aromatic heterocycles. The number of nitrogens with zero attached hydrogens (tertiary/aromatic N) is 4. The number of halogens is 2. The van der Waals surface area contributed by atoms with Gasteiger partial charge in [0.2, 0.25) is 0 Å². The molecule has 0 amide bonds. The minimum atomic E-state index is -0.926. The summed E-state index contributed by atoms with van der Waals surface area (Å²) in [7, 11) is 0. The quantitative estimate of drug-likeness (QED) is 0.424. The third-order valence-corrected chi connectivity index (χ3v) is 6.25. The first-order valence-electron chi connectivity index (χ1n) is 10.9. The number of hydrogen-bond acceptors (Lipinski definition) is 6. The fourth-order valence-electron chi connectivity index (χ4n) is 4.69. The molecule has 5 rings (SSSR count). The van der Waals surface area contributed by atoms with Gasteiger partial charge in [-0.05, 0) is 31.9 Å². The number of nitrogens with two attached hydrogens (primary N) is 1. The molecule has 1 atom stereocenters. The van der Waals surface area contributed by atoms with Crippen LogP contribution in [0.25, 0.3) is 33.1 Å². The van der Waals surface area contributed by atoms with Gasteiger partial charge in [0.25, 0.3) is 0 Å². The molecule has 1 fully saturated rings. The third-order valence-electron chi connectivity index (χ3n) is 6.25. The Morgan fingerprint density at radius 2 is 2.12 bits per heavy atom. The zero-order valence-corrected chi connectivity index (χ0v) is 18.1. The number of hydrogen-bond donors (Lipinski definition) is 3. The fraction of sp³-hybridized carbons (Fsp3) is 0.292. The van der Waals surface area contributed by atoms with Crippen LogP contribution in [0.3, 0.4) is 0 Å². The molecule has 0 aliphatic carbocycles. The van der Waals surface area contributed by atoms with E-state index in [1.807, 2.05) is 6.92 Å². The van der Waals surface area contributed by atoms with E-state index in [0.717, 1.165) is 24.7 Å².